The molecule has 0 aliphatic carbocycles. The number of imide groups is 1. The number of benzene rings is 1. The summed E-state index contributed by atoms with van der Waals surface area (Å²) in [6, 6.07) is 8.28. The van der Waals surface area contributed by atoms with E-state index < -0.39 is 0 Å². The Morgan fingerprint density at radius 1 is 1.17 bits per heavy atom. The molecule has 1 aromatic heterocycles. The number of piperidine rings is 2. The molecule has 2 unspecified atom stereocenters. The van der Waals surface area contributed by atoms with Gasteiger partial charge in [0, 0.05) is 31.5 Å². The van der Waals surface area contributed by atoms with Gasteiger partial charge in [0.2, 0.25) is 11.8 Å². The van der Waals surface area contributed by atoms with E-state index in [1.807, 2.05) is 6.07 Å². The Balaban J connectivity index is 1.23. The molecule has 3 aliphatic rings. The van der Waals surface area contributed by atoms with Crippen molar-refractivity contribution in [3.8, 4) is 0 Å². The van der Waals surface area contributed by atoms with Gasteiger partial charge in [0.05, 0.1) is 17.1 Å². The standard InChI is InChI=1S/C22H26N4O3S/c27-20-4-3-19(21(28)23-20)26-13-16-2-1-14(11-17(16)22(26)30)12-25-8-5-15(6-9-25)18-7-10-29-24-18/h1-2,7,10-11,15,19,22,30H,3-6,8-9,12-13H2,(H,23,27,28). The molecular formula is C22H26N4O3S. The predicted molar refractivity (Wildman–Crippen MR) is 114 cm³/mol. The monoisotopic (exact) mass is 426 g/mol. The minimum Gasteiger partial charge on any atom is -0.365 e. The third kappa shape index (κ3) is 3.79. The van der Waals surface area contributed by atoms with E-state index in [9.17, 15) is 9.59 Å². The van der Waals surface area contributed by atoms with Crippen molar-refractivity contribution in [3.63, 3.8) is 0 Å². The van der Waals surface area contributed by atoms with Crippen molar-refractivity contribution >= 4 is 24.4 Å². The summed E-state index contributed by atoms with van der Waals surface area (Å²) in [4.78, 5) is 28.4. The van der Waals surface area contributed by atoms with E-state index in [2.05, 4.69) is 38.5 Å². The molecule has 3 aliphatic heterocycles. The molecule has 0 bridgehead atoms. The van der Waals surface area contributed by atoms with E-state index in [-0.39, 0.29) is 23.2 Å². The van der Waals surface area contributed by atoms with Gasteiger partial charge in [-0.15, -0.1) is 0 Å². The van der Waals surface area contributed by atoms with Gasteiger partial charge in [0.15, 0.2) is 0 Å². The van der Waals surface area contributed by atoms with Crippen molar-refractivity contribution in [2.75, 3.05) is 13.1 Å². The highest BCUT2D eigenvalue weighted by Crippen LogP contribution is 2.40. The van der Waals surface area contributed by atoms with Gasteiger partial charge < -0.3 is 4.52 Å². The van der Waals surface area contributed by atoms with Crippen molar-refractivity contribution in [1.82, 2.24) is 20.3 Å². The Labute approximate surface area is 181 Å². The van der Waals surface area contributed by atoms with E-state index in [0.717, 1.165) is 38.2 Å². The van der Waals surface area contributed by atoms with Crippen LogP contribution < -0.4 is 5.32 Å². The van der Waals surface area contributed by atoms with Gasteiger partial charge in [-0.25, -0.2) is 0 Å². The maximum Gasteiger partial charge on any atom is 0.243 e. The number of carbonyl (C=O) groups is 2. The number of hydrogen-bond donors (Lipinski definition) is 2. The average molecular weight is 427 g/mol. The lowest BCUT2D eigenvalue weighted by Crippen LogP contribution is -2.51. The molecule has 2 saturated heterocycles. The smallest absolute Gasteiger partial charge is 0.243 e. The zero-order valence-electron chi connectivity index (χ0n) is 16.8. The minimum atomic E-state index is -0.295. The maximum absolute atomic E-state index is 12.3. The van der Waals surface area contributed by atoms with Crippen LogP contribution in [0.3, 0.4) is 0 Å². The molecule has 7 nitrogen and oxygen atoms in total. The Morgan fingerprint density at radius 2 is 2.00 bits per heavy atom. The molecule has 0 radical (unpaired) electrons. The fourth-order valence-electron chi connectivity index (χ4n) is 4.95. The van der Waals surface area contributed by atoms with Crippen LogP contribution in [0.5, 0.6) is 0 Å². The number of aromatic nitrogens is 1. The molecule has 8 heteroatoms. The van der Waals surface area contributed by atoms with Crippen molar-refractivity contribution in [2.24, 2.45) is 0 Å². The number of nitrogens with zero attached hydrogens (tertiary/aromatic N) is 3. The van der Waals surface area contributed by atoms with Crippen LogP contribution in [0.1, 0.15) is 59.4 Å². The number of fused-ring (bicyclic) bond motifs is 1. The van der Waals surface area contributed by atoms with Crippen LogP contribution >= 0.6 is 12.6 Å². The van der Waals surface area contributed by atoms with Crippen LogP contribution in [0.2, 0.25) is 0 Å². The van der Waals surface area contributed by atoms with E-state index in [1.165, 1.54) is 16.7 Å². The zero-order chi connectivity index (χ0) is 20.7. The van der Waals surface area contributed by atoms with Gasteiger partial charge in [-0.05, 0) is 49.0 Å². The molecule has 2 atom stereocenters. The van der Waals surface area contributed by atoms with Crippen LogP contribution in [-0.2, 0) is 22.7 Å². The first-order valence-corrected chi connectivity index (χ1v) is 11.1. The summed E-state index contributed by atoms with van der Waals surface area (Å²) in [5.41, 5.74) is 4.74. The van der Waals surface area contributed by atoms with Gasteiger partial charge in [-0.2, -0.15) is 12.6 Å². The number of nitrogens with one attached hydrogen (secondary N) is 1. The molecule has 2 fully saturated rings. The molecule has 30 heavy (non-hydrogen) atoms. The highest BCUT2D eigenvalue weighted by Gasteiger charge is 2.39. The Morgan fingerprint density at radius 3 is 2.73 bits per heavy atom. The Kier molecular flexibility index (Phi) is 5.39. The highest BCUT2D eigenvalue weighted by molar-refractivity contribution is 7.80. The fraction of sp³-hybridized carbons (Fsp3) is 0.500. The van der Waals surface area contributed by atoms with Crippen molar-refractivity contribution in [1.29, 1.82) is 0 Å². The van der Waals surface area contributed by atoms with Gasteiger partial charge in [0.25, 0.3) is 0 Å². The van der Waals surface area contributed by atoms with Gasteiger partial charge in [-0.3, -0.25) is 24.7 Å². The molecule has 2 amide bonds. The van der Waals surface area contributed by atoms with Crippen LogP contribution in [-0.4, -0.2) is 45.9 Å². The van der Waals surface area contributed by atoms with Crippen LogP contribution in [0.4, 0.5) is 0 Å². The quantitative estimate of drug-likeness (QED) is 0.578. The molecule has 158 valence electrons. The Bertz CT molecular complexity index is 940. The van der Waals surface area contributed by atoms with Crippen molar-refractivity contribution in [3.05, 3.63) is 52.9 Å². The number of rotatable bonds is 4. The van der Waals surface area contributed by atoms with E-state index >= 15 is 0 Å². The second-order valence-electron chi connectivity index (χ2n) is 8.52. The second kappa shape index (κ2) is 8.17. The third-order valence-corrected chi connectivity index (χ3v) is 7.21. The fourth-order valence-corrected chi connectivity index (χ4v) is 5.43. The molecule has 1 aromatic carbocycles. The summed E-state index contributed by atoms with van der Waals surface area (Å²) in [5.74, 6) is 0.107. The lowest BCUT2D eigenvalue weighted by molar-refractivity contribution is -0.137. The lowest BCUT2D eigenvalue weighted by Gasteiger charge is -2.32. The SMILES string of the molecule is O=C1CCC(N2Cc3ccc(CN4CCC(c5ccon5)CC4)cc3C2S)C(=O)N1. The molecule has 5 rings (SSSR count). The molecule has 0 spiro atoms. The lowest BCUT2D eigenvalue weighted by atomic mass is 9.93. The number of amides is 2. The molecule has 1 N–H and O–H groups in total. The van der Waals surface area contributed by atoms with Crippen LogP contribution in [0.15, 0.2) is 35.1 Å². The van der Waals surface area contributed by atoms with E-state index in [0.29, 0.717) is 25.3 Å². The van der Waals surface area contributed by atoms with E-state index in [4.69, 9.17) is 17.2 Å². The third-order valence-electron chi connectivity index (χ3n) is 6.64. The largest absolute Gasteiger partial charge is 0.365 e. The first-order valence-electron chi connectivity index (χ1n) is 10.6. The summed E-state index contributed by atoms with van der Waals surface area (Å²) >= 11 is 4.83. The second-order valence-corrected chi connectivity index (χ2v) is 9.01. The minimum absolute atomic E-state index is 0.123. The first-order chi connectivity index (χ1) is 14.6. The number of thiol groups is 1. The van der Waals surface area contributed by atoms with Gasteiger partial charge >= 0.3 is 0 Å². The summed E-state index contributed by atoms with van der Waals surface area (Å²) < 4.78 is 4.99. The molecule has 0 saturated carbocycles. The van der Waals surface area contributed by atoms with E-state index in [1.54, 1.807) is 6.26 Å². The highest BCUT2D eigenvalue weighted by atomic mass is 32.1. The normalized spacial score (nSPS) is 26.0. The number of hydrogen-bond acceptors (Lipinski definition) is 7. The molecule has 4 heterocycles. The summed E-state index contributed by atoms with van der Waals surface area (Å²) in [5, 5.41) is 6.44. The van der Waals surface area contributed by atoms with Crippen LogP contribution in [0, 0.1) is 0 Å². The average Bonchev–Trinajstić information content (AvgIpc) is 3.38. The van der Waals surface area contributed by atoms with Crippen LogP contribution in [0.25, 0.3) is 0 Å². The topological polar surface area (TPSA) is 78.7 Å². The van der Waals surface area contributed by atoms with Crippen molar-refractivity contribution in [2.45, 2.75) is 56.1 Å². The summed E-state index contributed by atoms with van der Waals surface area (Å²) in [6.07, 6.45) is 4.78. The number of likely N-dealkylation sites (tertiary alicyclic amines) is 1. The maximum atomic E-state index is 12.3. The van der Waals surface area contributed by atoms with Crippen molar-refractivity contribution < 1.29 is 14.1 Å². The summed E-state index contributed by atoms with van der Waals surface area (Å²) in [6.45, 7) is 3.69. The predicted octanol–water partition coefficient (Wildman–Crippen LogP) is 2.60. The molecule has 2 aromatic rings. The Hall–Kier alpha value is -2.16. The molecular weight excluding hydrogens is 400 g/mol. The summed E-state index contributed by atoms with van der Waals surface area (Å²) in [7, 11) is 0. The van der Waals surface area contributed by atoms with Gasteiger partial charge in [0.1, 0.15) is 6.26 Å². The number of carbonyl (C=O) groups excluding carboxylic acids is 2. The first kappa shape index (κ1) is 19.8. The zero-order valence-corrected chi connectivity index (χ0v) is 17.7. The van der Waals surface area contributed by atoms with Gasteiger partial charge in [-0.1, -0.05) is 23.4 Å².